The van der Waals surface area contributed by atoms with Gasteiger partial charge < -0.3 is 15.7 Å². The highest BCUT2D eigenvalue weighted by molar-refractivity contribution is 6.33. The summed E-state index contributed by atoms with van der Waals surface area (Å²) in [6, 6.07) is 3.99. The molecule has 0 heterocycles. The van der Waals surface area contributed by atoms with E-state index in [2.05, 4.69) is 10.6 Å². The third-order valence-electron chi connectivity index (χ3n) is 2.99. The third-order valence-corrected chi connectivity index (χ3v) is 3.31. The maximum atomic E-state index is 11.6. The maximum absolute atomic E-state index is 11.6. The molecule has 0 aliphatic heterocycles. The summed E-state index contributed by atoms with van der Waals surface area (Å²) in [5.74, 6) is -0.324. The molecule has 3 N–H and O–H groups in total. The monoisotopic (exact) mass is 282 g/mol. The van der Waals surface area contributed by atoms with E-state index < -0.39 is 5.97 Å². The summed E-state index contributed by atoms with van der Waals surface area (Å²) in [7, 11) is 0. The van der Waals surface area contributed by atoms with Gasteiger partial charge in [-0.25, -0.2) is 9.59 Å². The number of carbonyl (C=O) groups excluding carboxylic acids is 1. The Balaban J connectivity index is 1.85. The van der Waals surface area contributed by atoms with Gasteiger partial charge in [0.15, 0.2) is 0 Å². The van der Waals surface area contributed by atoms with Crippen molar-refractivity contribution in [2.45, 2.75) is 19.3 Å². The zero-order chi connectivity index (χ0) is 13.8. The van der Waals surface area contributed by atoms with E-state index in [1.807, 2.05) is 0 Å². The Kier molecular flexibility index (Phi) is 4.27. The number of hydrogen-bond donors (Lipinski definition) is 3. The number of hydrogen-bond acceptors (Lipinski definition) is 2. The predicted octanol–water partition coefficient (Wildman–Crippen LogP) is 2.96. The maximum Gasteiger partial charge on any atom is 0.337 e. The number of urea groups is 1. The number of amides is 2. The number of carboxylic acid groups (broad SMARTS) is 1. The fraction of sp³-hybridized carbons (Fsp3) is 0.385. The molecule has 19 heavy (non-hydrogen) atoms. The average Bonchev–Trinajstić information content (AvgIpc) is 3.12. The van der Waals surface area contributed by atoms with Crippen molar-refractivity contribution in [2.24, 2.45) is 5.92 Å². The fourth-order valence-corrected chi connectivity index (χ4v) is 2.00. The lowest BCUT2D eigenvalue weighted by atomic mass is 10.2. The standard InChI is InChI=1S/C13H15ClN2O3/c14-11-7-9(3-4-10(11)12(17)18)16-13(19)15-6-5-8-1-2-8/h3-4,7-8H,1-2,5-6H2,(H,17,18)(H2,15,16,19). The van der Waals surface area contributed by atoms with E-state index in [4.69, 9.17) is 16.7 Å². The molecule has 0 atom stereocenters. The molecular formula is C13H15ClN2O3. The largest absolute Gasteiger partial charge is 0.478 e. The van der Waals surface area contributed by atoms with Crippen LogP contribution in [0, 0.1) is 5.92 Å². The molecule has 5 nitrogen and oxygen atoms in total. The Labute approximate surface area is 116 Å². The zero-order valence-electron chi connectivity index (χ0n) is 10.3. The average molecular weight is 283 g/mol. The molecule has 0 radical (unpaired) electrons. The zero-order valence-corrected chi connectivity index (χ0v) is 11.0. The Morgan fingerprint density at radius 2 is 2.11 bits per heavy atom. The van der Waals surface area contributed by atoms with Crippen LogP contribution in [-0.4, -0.2) is 23.7 Å². The van der Waals surface area contributed by atoms with E-state index in [1.165, 1.54) is 31.0 Å². The van der Waals surface area contributed by atoms with Gasteiger partial charge >= 0.3 is 12.0 Å². The molecule has 1 aromatic rings. The molecule has 0 spiro atoms. The van der Waals surface area contributed by atoms with Crippen molar-refractivity contribution in [3.63, 3.8) is 0 Å². The lowest BCUT2D eigenvalue weighted by Crippen LogP contribution is -2.29. The summed E-state index contributed by atoms with van der Waals surface area (Å²) < 4.78 is 0. The quantitative estimate of drug-likeness (QED) is 0.777. The normalized spacial score (nSPS) is 13.9. The second kappa shape index (κ2) is 5.93. The van der Waals surface area contributed by atoms with E-state index >= 15 is 0 Å². The van der Waals surface area contributed by atoms with Crippen molar-refractivity contribution in [2.75, 3.05) is 11.9 Å². The second-order valence-corrected chi connectivity index (χ2v) is 5.02. The van der Waals surface area contributed by atoms with Crippen LogP contribution in [0.25, 0.3) is 0 Å². The number of halogens is 1. The molecule has 1 aliphatic carbocycles. The molecule has 0 saturated heterocycles. The number of benzene rings is 1. The second-order valence-electron chi connectivity index (χ2n) is 4.61. The Bertz CT molecular complexity index is 501. The van der Waals surface area contributed by atoms with Crippen molar-refractivity contribution in [1.82, 2.24) is 5.32 Å². The van der Waals surface area contributed by atoms with Gasteiger partial charge in [0.1, 0.15) is 0 Å². The van der Waals surface area contributed by atoms with Gasteiger partial charge in [-0.05, 0) is 30.5 Å². The van der Waals surface area contributed by atoms with Crippen LogP contribution in [0.1, 0.15) is 29.6 Å². The number of anilines is 1. The van der Waals surface area contributed by atoms with Gasteiger partial charge in [-0.2, -0.15) is 0 Å². The Morgan fingerprint density at radius 3 is 2.68 bits per heavy atom. The molecule has 1 aromatic carbocycles. The van der Waals surface area contributed by atoms with Gasteiger partial charge in [-0.1, -0.05) is 24.4 Å². The SMILES string of the molecule is O=C(NCCC1CC1)Nc1ccc(C(=O)O)c(Cl)c1. The molecule has 6 heteroatoms. The van der Waals surface area contributed by atoms with Crippen molar-refractivity contribution in [1.29, 1.82) is 0 Å². The number of carboxylic acids is 1. The summed E-state index contributed by atoms with van der Waals surface area (Å²) in [5.41, 5.74) is 0.486. The van der Waals surface area contributed by atoms with Crippen LogP contribution in [0.15, 0.2) is 18.2 Å². The Hall–Kier alpha value is -1.75. The van der Waals surface area contributed by atoms with Crippen molar-refractivity contribution in [3.05, 3.63) is 28.8 Å². The first-order valence-corrected chi connectivity index (χ1v) is 6.52. The van der Waals surface area contributed by atoms with E-state index in [-0.39, 0.29) is 16.6 Å². The first-order chi connectivity index (χ1) is 9.06. The predicted molar refractivity (Wildman–Crippen MR) is 72.8 cm³/mol. The van der Waals surface area contributed by atoms with E-state index in [0.29, 0.717) is 12.2 Å². The molecule has 0 aromatic heterocycles. The number of carbonyl (C=O) groups is 2. The van der Waals surface area contributed by atoms with Gasteiger partial charge in [-0.3, -0.25) is 0 Å². The number of nitrogens with one attached hydrogen (secondary N) is 2. The molecular weight excluding hydrogens is 268 g/mol. The molecule has 0 bridgehead atoms. The first kappa shape index (κ1) is 13.7. The molecule has 2 amide bonds. The lowest BCUT2D eigenvalue weighted by Gasteiger charge is -2.08. The van der Waals surface area contributed by atoms with Gasteiger partial charge in [0.25, 0.3) is 0 Å². The first-order valence-electron chi connectivity index (χ1n) is 6.14. The number of rotatable bonds is 5. The number of aromatic carboxylic acids is 1. The van der Waals surface area contributed by atoms with Crippen LogP contribution in [0.2, 0.25) is 5.02 Å². The molecule has 1 saturated carbocycles. The molecule has 0 unspecified atom stereocenters. The minimum atomic E-state index is -1.09. The summed E-state index contributed by atoms with van der Waals surface area (Å²) in [6.07, 6.45) is 3.53. The van der Waals surface area contributed by atoms with E-state index in [1.54, 1.807) is 0 Å². The Morgan fingerprint density at radius 1 is 1.37 bits per heavy atom. The summed E-state index contributed by atoms with van der Waals surface area (Å²) in [4.78, 5) is 22.3. The highest BCUT2D eigenvalue weighted by atomic mass is 35.5. The van der Waals surface area contributed by atoms with Crippen molar-refractivity contribution >= 4 is 29.3 Å². The highest BCUT2D eigenvalue weighted by Gasteiger charge is 2.20. The molecule has 1 aliphatic rings. The minimum absolute atomic E-state index is 0.0151. The third kappa shape index (κ3) is 4.13. The van der Waals surface area contributed by atoms with Crippen LogP contribution in [0.3, 0.4) is 0 Å². The van der Waals surface area contributed by atoms with Crippen LogP contribution in [0.4, 0.5) is 10.5 Å². The molecule has 2 rings (SSSR count). The topological polar surface area (TPSA) is 78.4 Å². The smallest absolute Gasteiger partial charge is 0.337 e. The van der Waals surface area contributed by atoms with Gasteiger partial charge in [0, 0.05) is 12.2 Å². The highest BCUT2D eigenvalue weighted by Crippen LogP contribution is 2.31. The summed E-state index contributed by atoms with van der Waals surface area (Å²) in [5, 5.41) is 14.3. The van der Waals surface area contributed by atoms with Crippen molar-refractivity contribution in [3.8, 4) is 0 Å². The molecule has 1 fully saturated rings. The van der Waals surface area contributed by atoms with Gasteiger partial charge in [0.05, 0.1) is 10.6 Å². The minimum Gasteiger partial charge on any atom is -0.478 e. The molecule has 102 valence electrons. The van der Waals surface area contributed by atoms with Gasteiger partial charge in [-0.15, -0.1) is 0 Å². The van der Waals surface area contributed by atoms with Crippen LogP contribution < -0.4 is 10.6 Å². The van der Waals surface area contributed by atoms with Crippen LogP contribution >= 0.6 is 11.6 Å². The van der Waals surface area contributed by atoms with E-state index in [0.717, 1.165) is 12.3 Å². The van der Waals surface area contributed by atoms with Crippen LogP contribution in [0.5, 0.6) is 0 Å². The van der Waals surface area contributed by atoms with E-state index in [9.17, 15) is 9.59 Å². The summed E-state index contributed by atoms with van der Waals surface area (Å²) in [6.45, 7) is 0.650. The summed E-state index contributed by atoms with van der Waals surface area (Å²) >= 11 is 5.81. The lowest BCUT2D eigenvalue weighted by molar-refractivity contribution is 0.0697. The van der Waals surface area contributed by atoms with Crippen LogP contribution in [-0.2, 0) is 0 Å². The fourth-order valence-electron chi connectivity index (χ4n) is 1.74. The van der Waals surface area contributed by atoms with Crippen molar-refractivity contribution < 1.29 is 14.7 Å². The van der Waals surface area contributed by atoms with Gasteiger partial charge in [0.2, 0.25) is 0 Å².